The number of nitrogens with two attached hydrogens (primary N) is 4. The van der Waals surface area contributed by atoms with Crippen LogP contribution in [0, 0.1) is 22.1 Å². The number of carbonyl (C=O) groups excluding carboxylic acids is 16. The average molecular weight is 1880 g/mol. The molecule has 49 heteroatoms. The number of benzene rings is 2. The predicted octanol–water partition coefficient (Wildman–Crippen LogP) is -5.86. The topological polar surface area (TPSA) is 763 Å². The van der Waals surface area contributed by atoms with E-state index in [9.17, 15) is 72.9 Å². The first-order valence-electron chi connectivity index (χ1n) is 43.3. The summed E-state index contributed by atoms with van der Waals surface area (Å²) in [6.07, 6.45) is 3.07. The zero-order valence-corrected chi connectivity index (χ0v) is 75.5. The van der Waals surface area contributed by atoms with Crippen molar-refractivity contribution in [1.82, 2.24) is 105 Å². The van der Waals surface area contributed by atoms with E-state index in [1.807, 2.05) is 6.92 Å². The molecule has 722 valence electrons. The number of aliphatic carboxylic acids is 1. The van der Waals surface area contributed by atoms with E-state index < -0.39 is 253 Å². The molecular formula is C82H127N27O20S2. The number of rotatable bonds is 36. The summed E-state index contributed by atoms with van der Waals surface area (Å²) in [6.45, 7) is 5.44. The number of aliphatic hydroxyl groups excluding tert-OH is 1. The van der Waals surface area contributed by atoms with Crippen LogP contribution in [0.15, 0.2) is 67.1 Å². The Bertz CT molecular complexity index is 4390. The Hall–Kier alpha value is -13.1. The molecule has 1 aromatic heterocycles. The van der Waals surface area contributed by atoms with Crippen molar-refractivity contribution in [2.24, 2.45) is 28.9 Å². The second-order valence-corrected chi connectivity index (χ2v) is 34.2. The molecule has 32 N–H and O–H groups in total. The van der Waals surface area contributed by atoms with Gasteiger partial charge in [0.1, 0.15) is 90.3 Å². The number of carboxylic acid groups (broad SMARTS) is 1. The number of amides is 16. The monoisotopic (exact) mass is 1870 g/mol. The van der Waals surface area contributed by atoms with Gasteiger partial charge in [0.25, 0.3) is 0 Å². The zero-order valence-electron chi connectivity index (χ0n) is 73.9. The van der Waals surface area contributed by atoms with Crippen molar-refractivity contribution in [1.29, 1.82) is 16.2 Å². The Morgan fingerprint density at radius 2 is 1.07 bits per heavy atom. The van der Waals surface area contributed by atoms with Crippen LogP contribution in [0.25, 0.3) is 0 Å². The van der Waals surface area contributed by atoms with Crippen LogP contribution in [0.1, 0.15) is 154 Å². The van der Waals surface area contributed by atoms with Crippen LogP contribution < -0.4 is 113 Å². The average Bonchev–Trinajstić information content (AvgIpc) is 0.979. The lowest BCUT2D eigenvalue weighted by Gasteiger charge is -2.40. The first kappa shape index (κ1) is 108. The lowest BCUT2D eigenvalue weighted by molar-refractivity contribution is -0.149. The Balaban J connectivity index is 1.70. The van der Waals surface area contributed by atoms with Crippen LogP contribution in [-0.4, -0.2) is 284 Å². The molecule has 0 saturated carbocycles. The van der Waals surface area contributed by atoms with Crippen LogP contribution in [0.3, 0.4) is 0 Å². The fraction of sp³-hybridized carbons (Fsp3) is 0.573. The quantitative estimate of drug-likeness (QED) is 0.0112. The van der Waals surface area contributed by atoms with Gasteiger partial charge in [-0.15, -0.1) is 0 Å². The Morgan fingerprint density at radius 3 is 1.64 bits per heavy atom. The Labute approximate surface area is 765 Å². The summed E-state index contributed by atoms with van der Waals surface area (Å²) in [6, 6.07) is -9.43. The SMILES string of the molecule is CCCCCCC(=O)NC1CSSCC(C(=O)N[C@@H](Cc2ccc(O)cc2)C(=O)N2C[C@H](C(N)=O)NC(=O)[C@@H]2CCCNC(=N)N)NC(=O)[C@H](CO)NC(=O)[C@H]([C@@H](C)CC)NC(=O)[C@H](CCCNC(=N)N)NC(=O)C(CC(=O)O)NC(=O)[C@@H](CCCC)NC(=O)[C@H](CCCNC(=N)N)NC(=O)CNC(=O)[C@@H](C)NC(=O)C(Cc2ccccc2)NC(=O)[C@H](Cc2cnc[nH]2)NC1=O. The third kappa shape index (κ3) is 39.0. The number of hydrogen-bond donors (Lipinski definition) is 28. The van der Waals surface area contributed by atoms with Crippen molar-refractivity contribution in [3.05, 3.63) is 83.9 Å². The molecule has 2 aliphatic rings. The number of nitrogens with one attached hydrogen (secondary N) is 21. The van der Waals surface area contributed by atoms with Crippen LogP contribution >= 0.6 is 21.6 Å². The number of unbranched alkanes of at least 4 members (excludes halogenated alkanes) is 4. The van der Waals surface area contributed by atoms with Gasteiger partial charge >= 0.3 is 5.97 Å². The van der Waals surface area contributed by atoms with Gasteiger partial charge in [-0.05, 0) is 87.5 Å². The van der Waals surface area contributed by atoms with Gasteiger partial charge in [-0.25, -0.2) is 4.98 Å². The van der Waals surface area contributed by atoms with E-state index in [1.165, 1.54) is 50.6 Å². The van der Waals surface area contributed by atoms with Gasteiger partial charge in [0.2, 0.25) is 94.5 Å². The summed E-state index contributed by atoms with van der Waals surface area (Å²) in [5, 5.41) is 98.1. The highest BCUT2D eigenvalue weighted by Crippen LogP contribution is 2.26. The second kappa shape index (κ2) is 57.1. The first-order chi connectivity index (χ1) is 62.3. The summed E-state index contributed by atoms with van der Waals surface area (Å²) in [7, 11) is 1.64. The number of guanidine groups is 3. The number of nitrogens with zero attached hydrogens (tertiary/aromatic N) is 2. The smallest absolute Gasteiger partial charge is 0.305 e. The highest BCUT2D eigenvalue weighted by atomic mass is 33.1. The molecule has 0 spiro atoms. The van der Waals surface area contributed by atoms with Crippen LogP contribution in [0.5, 0.6) is 5.75 Å². The van der Waals surface area contributed by atoms with Crippen molar-refractivity contribution in [2.75, 3.05) is 50.8 Å². The molecule has 2 aromatic carbocycles. The van der Waals surface area contributed by atoms with Gasteiger partial charge in [-0.1, -0.05) is 130 Å². The minimum atomic E-state index is -2.03. The van der Waals surface area contributed by atoms with Gasteiger partial charge in [0.15, 0.2) is 17.9 Å². The number of piperazine rings is 1. The number of aromatic amines is 1. The molecule has 15 atom stereocenters. The number of aromatic nitrogens is 2. The zero-order chi connectivity index (χ0) is 96.8. The van der Waals surface area contributed by atoms with Crippen LogP contribution in [0.4, 0.5) is 0 Å². The lowest BCUT2D eigenvalue weighted by atomic mass is 9.97. The molecule has 5 rings (SSSR count). The van der Waals surface area contributed by atoms with Crippen molar-refractivity contribution in [3.8, 4) is 5.75 Å². The highest BCUT2D eigenvalue weighted by molar-refractivity contribution is 8.76. The summed E-state index contributed by atoms with van der Waals surface area (Å²) in [4.78, 5) is 253. The molecular weight excluding hydrogens is 1750 g/mol. The normalized spacial score (nSPS) is 23.1. The molecule has 16 amide bonds. The summed E-state index contributed by atoms with van der Waals surface area (Å²) < 4.78 is 0. The number of H-pyrrole nitrogens is 1. The molecule has 0 aliphatic carbocycles. The number of aromatic hydroxyl groups is 1. The summed E-state index contributed by atoms with van der Waals surface area (Å²) >= 11 is 0. The number of phenolic OH excluding ortho intramolecular Hbond substituents is 1. The number of phenols is 1. The fourth-order valence-corrected chi connectivity index (χ4v) is 16.0. The van der Waals surface area contributed by atoms with Crippen LogP contribution in [-0.2, 0) is 101 Å². The van der Waals surface area contributed by atoms with Crippen molar-refractivity contribution in [2.45, 2.75) is 241 Å². The second-order valence-electron chi connectivity index (χ2n) is 31.6. The third-order valence-electron chi connectivity index (χ3n) is 21.1. The van der Waals surface area contributed by atoms with Gasteiger partial charge in [0, 0.05) is 68.7 Å². The molecule has 0 radical (unpaired) electrons. The molecule has 47 nitrogen and oxygen atoms in total. The number of imidazole rings is 1. The highest BCUT2D eigenvalue weighted by Gasteiger charge is 2.44. The molecule has 0 bridgehead atoms. The van der Waals surface area contributed by atoms with Crippen molar-refractivity contribution >= 4 is 140 Å². The largest absolute Gasteiger partial charge is 0.508 e. The molecule has 2 saturated heterocycles. The molecule has 2 fully saturated rings. The first-order valence-corrected chi connectivity index (χ1v) is 45.7. The van der Waals surface area contributed by atoms with E-state index in [2.05, 4.69) is 100 Å². The van der Waals surface area contributed by atoms with Gasteiger partial charge in [0.05, 0.1) is 32.4 Å². The maximum absolute atomic E-state index is 15.5. The van der Waals surface area contributed by atoms with Crippen LogP contribution in [0.2, 0.25) is 0 Å². The third-order valence-corrected chi connectivity index (χ3v) is 23.5. The van der Waals surface area contributed by atoms with E-state index in [4.69, 9.17) is 39.2 Å². The minimum absolute atomic E-state index is 0.00866. The number of primary amides is 1. The Kier molecular flexibility index (Phi) is 47.2. The number of hydrogen-bond acceptors (Lipinski definition) is 25. The van der Waals surface area contributed by atoms with Gasteiger partial charge < -0.3 is 139 Å². The van der Waals surface area contributed by atoms with E-state index in [0.717, 1.165) is 39.3 Å². The van der Waals surface area contributed by atoms with Gasteiger partial charge in [-0.3, -0.25) is 97.7 Å². The predicted molar refractivity (Wildman–Crippen MR) is 482 cm³/mol. The maximum Gasteiger partial charge on any atom is 0.305 e. The number of carbonyl (C=O) groups is 17. The van der Waals surface area contributed by atoms with Crippen molar-refractivity contribution < 1.29 is 96.8 Å². The van der Waals surface area contributed by atoms with E-state index >= 15 is 24.0 Å². The Morgan fingerprint density at radius 1 is 0.550 bits per heavy atom. The van der Waals surface area contributed by atoms with Crippen molar-refractivity contribution in [3.63, 3.8) is 0 Å². The summed E-state index contributed by atoms with van der Waals surface area (Å²) in [5.41, 5.74) is 23.4. The molecule has 3 aromatic rings. The number of carboxylic acids is 1. The fourth-order valence-electron chi connectivity index (χ4n) is 13.6. The maximum atomic E-state index is 15.5. The standard InChI is InChI=1S/C82H127N27O20S2/c1-6-9-11-15-25-62(112)98-59-41-130-131-42-60(76(126)104-56(34-47-26-28-49(111)29-27-47)79(129)109-39-57(66(83)116)105-77(127)61(109)24-18-32-93-82(88)89)107-74(124)58(40-110)106-78(128)65(44(4)8-3)108-70(120)52(23-17-31-92-81(86)87)100-73(123)55(36-64(114)115)103-69(119)51(21-10-7-2)99-68(118)50(22-16-30-91-80(84)85)97-63(113)38-94-67(117)45(5)96-71(121)53(33-46-19-13-12-14-20-46)101-72(122)54(102-75(59)125)35-48-37-90-43-95-48/h12-14,19-20,26-29,37,43-45,50-61,65,110-111H,6-11,15-18,21-25,30-36,38-42H2,1-5H3,(H2,83,116)(H,90,95)(H,94,117)(H,96,121)(H,97,113)(H,98,112)(H,99,118)(H,100,123)(H,101,122)(H,102,125)(H,103,119)(H,104,126)(H,105,127)(H,106,128)(H,107,124)(H,108,120)(H,114,115)(H4,84,85,91)(H4,86,87,92)(H4,88,89,93)/t44-,45+,50-,51+,52-,53?,54-,55?,56-,57+,58-,59?,60?,61-,65-/m0/s1. The molecule has 2 aliphatic heterocycles. The minimum Gasteiger partial charge on any atom is -0.508 e. The van der Waals surface area contributed by atoms with E-state index in [-0.39, 0.29) is 102 Å². The molecule has 4 unspecified atom stereocenters. The van der Waals surface area contributed by atoms with E-state index in [1.54, 1.807) is 44.2 Å². The molecule has 131 heavy (non-hydrogen) atoms. The number of aliphatic hydroxyl groups is 1. The summed E-state index contributed by atoms with van der Waals surface area (Å²) in [5.74, 6) is -21.4. The van der Waals surface area contributed by atoms with Gasteiger partial charge in [-0.2, -0.15) is 0 Å². The lowest BCUT2D eigenvalue weighted by Crippen LogP contribution is -2.67. The molecule has 3 heterocycles. The van der Waals surface area contributed by atoms with E-state index in [0.29, 0.717) is 36.1 Å².